The average Bonchev–Trinajstić information content (AvgIpc) is 1.84. The minimum absolute atomic E-state index is 0.139. The summed E-state index contributed by atoms with van der Waals surface area (Å²) >= 11 is 0. The Morgan fingerprint density at radius 2 is 0.909 bits per heavy atom. The Bertz CT molecular complexity index is 101. The maximum absolute atomic E-state index is 2.25. The molecule has 0 aromatic rings. The van der Waals surface area contributed by atoms with E-state index in [0.29, 0.717) is 0 Å². The first-order chi connectivity index (χ1) is 4.83. The van der Waals surface area contributed by atoms with Gasteiger partial charge in [-0.15, -0.1) is 0 Å². The molecule has 0 fully saturated rings. The second-order valence-corrected chi connectivity index (χ2v) is 5.00. The maximum atomic E-state index is 2.25. The van der Waals surface area contributed by atoms with Gasteiger partial charge in [0.05, 0.1) is 10.2 Å². The fraction of sp³-hybridized carbons (Fsp3) is 1.00. The van der Waals surface area contributed by atoms with E-state index in [1.54, 1.807) is 0 Å². The third kappa shape index (κ3) is 2.02. The number of hydrogen-bond acceptors (Lipinski definition) is 3. The van der Waals surface area contributed by atoms with Gasteiger partial charge in [-0.3, -0.25) is 14.7 Å². The van der Waals surface area contributed by atoms with Gasteiger partial charge < -0.3 is 0 Å². The van der Waals surface area contributed by atoms with Gasteiger partial charge in [0, 0.05) is 0 Å². The third-order valence-electron chi connectivity index (χ3n) is 2.54. The molecular formula is C7H21N3Si. The normalized spacial score (nSPS) is 13.9. The predicted octanol–water partition coefficient (Wildman–Crippen LogP) is -1.35. The van der Waals surface area contributed by atoms with Crippen LogP contribution in [0.5, 0.6) is 0 Å². The van der Waals surface area contributed by atoms with E-state index in [-0.39, 0.29) is 5.41 Å². The highest BCUT2D eigenvalue weighted by Crippen LogP contribution is 2.12. The van der Waals surface area contributed by atoms with Crippen LogP contribution in [0.1, 0.15) is 0 Å². The topological polar surface area (TPSA) is 9.72 Å². The highest BCUT2D eigenvalue weighted by atomic mass is 28.1. The number of rotatable bonds is 3. The highest BCUT2D eigenvalue weighted by Gasteiger charge is 2.30. The molecule has 3 nitrogen and oxygen atoms in total. The van der Waals surface area contributed by atoms with Crippen molar-refractivity contribution < 1.29 is 0 Å². The van der Waals surface area contributed by atoms with Gasteiger partial charge in [0.25, 0.3) is 0 Å². The van der Waals surface area contributed by atoms with Crippen LogP contribution in [0.4, 0.5) is 0 Å². The zero-order chi connectivity index (χ0) is 9.23. The Morgan fingerprint density at radius 1 is 0.727 bits per heavy atom. The van der Waals surface area contributed by atoms with Crippen molar-refractivity contribution in [1.82, 2.24) is 14.7 Å². The molecule has 0 aromatic carbocycles. The van der Waals surface area contributed by atoms with Crippen LogP contribution in [0.15, 0.2) is 0 Å². The molecule has 0 spiro atoms. The SMILES string of the molecule is CN(C)C([SiH3])(N(C)C)N(C)C. The second kappa shape index (κ2) is 3.67. The van der Waals surface area contributed by atoms with Gasteiger partial charge in [-0.2, -0.15) is 0 Å². The van der Waals surface area contributed by atoms with Crippen molar-refractivity contribution in [2.24, 2.45) is 0 Å². The van der Waals surface area contributed by atoms with Crippen molar-refractivity contribution >= 4 is 10.2 Å². The van der Waals surface area contributed by atoms with Crippen molar-refractivity contribution in [3.05, 3.63) is 0 Å². The summed E-state index contributed by atoms with van der Waals surface area (Å²) in [4.78, 5) is 6.75. The summed E-state index contributed by atoms with van der Waals surface area (Å²) in [6.45, 7) is 0. The fourth-order valence-electron chi connectivity index (χ4n) is 1.20. The molecule has 4 heteroatoms. The second-order valence-electron chi connectivity index (χ2n) is 3.65. The van der Waals surface area contributed by atoms with Gasteiger partial charge in [-0.05, 0) is 42.3 Å². The average molecular weight is 175 g/mol. The first kappa shape index (κ1) is 11.1. The Kier molecular flexibility index (Phi) is 3.70. The van der Waals surface area contributed by atoms with E-state index in [1.807, 2.05) is 0 Å². The number of nitrogens with zero attached hydrogens (tertiary/aromatic N) is 3. The zero-order valence-electron chi connectivity index (χ0n) is 8.84. The Morgan fingerprint density at radius 3 is 0.909 bits per heavy atom. The smallest absolute Gasteiger partial charge is 0.103 e. The lowest BCUT2D eigenvalue weighted by molar-refractivity contribution is -0.0338. The lowest BCUT2D eigenvalue weighted by atomic mass is 10.5. The van der Waals surface area contributed by atoms with Crippen LogP contribution in [0.2, 0.25) is 0 Å². The van der Waals surface area contributed by atoms with Crippen LogP contribution in [0.25, 0.3) is 0 Å². The van der Waals surface area contributed by atoms with E-state index in [2.05, 4.69) is 57.0 Å². The molecule has 0 aromatic heterocycles. The molecule has 0 bridgehead atoms. The fourth-order valence-corrected chi connectivity index (χ4v) is 1.20. The van der Waals surface area contributed by atoms with Crippen molar-refractivity contribution in [1.29, 1.82) is 0 Å². The summed E-state index contributed by atoms with van der Waals surface area (Å²) in [6.07, 6.45) is 0. The Hall–Kier alpha value is 0.0969. The molecule has 0 aliphatic heterocycles. The summed E-state index contributed by atoms with van der Waals surface area (Å²) in [6, 6.07) is 0. The number of hydrogen-bond donors (Lipinski definition) is 0. The molecule has 0 aliphatic rings. The summed E-state index contributed by atoms with van der Waals surface area (Å²) in [5.74, 6) is 0. The van der Waals surface area contributed by atoms with Crippen LogP contribution >= 0.6 is 0 Å². The van der Waals surface area contributed by atoms with E-state index in [4.69, 9.17) is 0 Å². The molecule has 0 aliphatic carbocycles. The maximum Gasteiger partial charge on any atom is 0.103 e. The lowest BCUT2D eigenvalue weighted by Crippen LogP contribution is -2.64. The molecule has 0 atom stereocenters. The van der Waals surface area contributed by atoms with E-state index in [1.165, 1.54) is 0 Å². The monoisotopic (exact) mass is 175 g/mol. The summed E-state index contributed by atoms with van der Waals surface area (Å²) in [7, 11) is 13.8. The lowest BCUT2D eigenvalue weighted by Gasteiger charge is -2.47. The predicted molar refractivity (Wildman–Crippen MR) is 53.7 cm³/mol. The van der Waals surface area contributed by atoms with Crippen LogP contribution in [-0.4, -0.2) is 72.6 Å². The van der Waals surface area contributed by atoms with Crippen LogP contribution in [0, 0.1) is 0 Å². The van der Waals surface area contributed by atoms with Crippen LogP contribution < -0.4 is 0 Å². The van der Waals surface area contributed by atoms with E-state index in [9.17, 15) is 0 Å². The quantitative estimate of drug-likeness (QED) is 0.388. The van der Waals surface area contributed by atoms with Crippen molar-refractivity contribution in [2.45, 2.75) is 5.41 Å². The van der Waals surface area contributed by atoms with Crippen LogP contribution in [0.3, 0.4) is 0 Å². The van der Waals surface area contributed by atoms with Gasteiger partial charge in [0.1, 0.15) is 5.41 Å². The molecule has 0 unspecified atom stereocenters. The van der Waals surface area contributed by atoms with Gasteiger partial charge in [-0.25, -0.2) is 0 Å². The molecule has 0 radical (unpaired) electrons. The Balaban J connectivity index is 4.53. The van der Waals surface area contributed by atoms with Crippen molar-refractivity contribution in [3.8, 4) is 0 Å². The van der Waals surface area contributed by atoms with Crippen molar-refractivity contribution in [2.75, 3.05) is 42.3 Å². The molecule has 0 heterocycles. The first-order valence-electron chi connectivity index (χ1n) is 3.85. The van der Waals surface area contributed by atoms with E-state index >= 15 is 0 Å². The summed E-state index contributed by atoms with van der Waals surface area (Å²) in [5.41, 5.74) is 0.139. The highest BCUT2D eigenvalue weighted by molar-refractivity contribution is 6.14. The van der Waals surface area contributed by atoms with Gasteiger partial charge in [0.2, 0.25) is 0 Å². The summed E-state index contributed by atoms with van der Waals surface area (Å²) in [5, 5.41) is 0. The zero-order valence-corrected chi connectivity index (χ0v) is 10.8. The molecular weight excluding hydrogens is 154 g/mol. The molecule has 11 heavy (non-hydrogen) atoms. The van der Waals surface area contributed by atoms with E-state index < -0.39 is 0 Å². The van der Waals surface area contributed by atoms with Gasteiger partial charge in [0.15, 0.2) is 0 Å². The standard InChI is InChI=1S/C7H21N3Si/c1-8(2)7(11,9(3)4)10(5)6/h1-6,11H3. The largest absolute Gasteiger partial charge is 0.283 e. The first-order valence-corrected chi connectivity index (χ1v) is 4.85. The summed E-state index contributed by atoms with van der Waals surface area (Å²) < 4.78 is 0. The molecule has 0 rings (SSSR count). The van der Waals surface area contributed by atoms with E-state index in [0.717, 1.165) is 10.2 Å². The molecule has 0 saturated carbocycles. The van der Waals surface area contributed by atoms with Crippen molar-refractivity contribution in [3.63, 3.8) is 0 Å². The third-order valence-corrected chi connectivity index (χ3v) is 5.22. The molecule has 0 N–H and O–H groups in total. The Labute approximate surface area is 73.4 Å². The van der Waals surface area contributed by atoms with Gasteiger partial charge in [-0.1, -0.05) is 0 Å². The van der Waals surface area contributed by atoms with Crippen LogP contribution in [-0.2, 0) is 0 Å². The minimum atomic E-state index is 0.139. The minimum Gasteiger partial charge on any atom is -0.283 e. The molecule has 0 amide bonds. The van der Waals surface area contributed by atoms with Gasteiger partial charge >= 0.3 is 0 Å². The molecule has 0 saturated heterocycles. The molecule has 68 valence electrons.